The second-order valence-electron chi connectivity index (χ2n) is 8.99. The van der Waals surface area contributed by atoms with Crippen molar-refractivity contribution in [2.45, 2.75) is 26.3 Å². The van der Waals surface area contributed by atoms with Gasteiger partial charge in [0.25, 0.3) is 5.91 Å². The Hall–Kier alpha value is -4.32. The predicted molar refractivity (Wildman–Crippen MR) is 142 cm³/mol. The van der Waals surface area contributed by atoms with Crippen LogP contribution in [0.5, 0.6) is 0 Å². The zero-order chi connectivity index (χ0) is 26.4. The van der Waals surface area contributed by atoms with Crippen molar-refractivity contribution in [3.8, 4) is 27.9 Å². The Kier molecular flexibility index (Phi) is 6.03. The molecule has 0 fully saturated rings. The van der Waals surface area contributed by atoms with Crippen molar-refractivity contribution >= 4 is 33.6 Å². The maximum absolute atomic E-state index is 13.3. The van der Waals surface area contributed by atoms with Crippen LogP contribution < -0.4 is 10.2 Å². The van der Waals surface area contributed by atoms with Crippen LogP contribution in [-0.2, 0) is 17.8 Å². The van der Waals surface area contributed by atoms with E-state index < -0.39 is 0 Å². The van der Waals surface area contributed by atoms with E-state index in [4.69, 9.17) is 9.40 Å². The summed E-state index contributed by atoms with van der Waals surface area (Å²) in [5.74, 6) is 0.561. The molecular formula is C26H23BrN8O3. The number of hydrogen-bond donors (Lipinski definition) is 1. The molecule has 0 bridgehead atoms. The highest BCUT2D eigenvalue weighted by molar-refractivity contribution is 9.10. The molecule has 6 rings (SSSR count). The van der Waals surface area contributed by atoms with E-state index in [1.807, 2.05) is 34.9 Å². The topological polar surface area (TPSA) is 124 Å². The average Bonchev–Trinajstić information content (AvgIpc) is 3.64. The molecule has 2 amide bonds. The molecule has 1 N–H and O–H groups in total. The molecule has 1 aliphatic carbocycles. The van der Waals surface area contributed by atoms with Gasteiger partial charge < -0.3 is 14.3 Å². The highest BCUT2D eigenvalue weighted by Gasteiger charge is 2.33. The Labute approximate surface area is 225 Å². The molecule has 0 saturated carbocycles. The number of rotatable bonds is 6. The van der Waals surface area contributed by atoms with E-state index in [1.165, 1.54) is 4.90 Å². The molecule has 2 aromatic heterocycles. The van der Waals surface area contributed by atoms with Gasteiger partial charge in [-0.25, -0.2) is 4.98 Å². The standard InChI is InChI=1S/C26H23BrN8O3/c1-3-6-20-30-25-24(26(37)28-11-21(36)33(25)2)34(20)12-17-15-9-10-38-13-18(15)23(27)22(17)16-7-4-5-8-19(16)35-14-29-31-32-35/h4-5,7-10,13-14H,3,6,11-12H2,1-2H3,(H,28,37). The van der Waals surface area contributed by atoms with Crippen LogP contribution in [0.4, 0.5) is 5.82 Å². The van der Waals surface area contributed by atoms with Crippen molar-refractivity contribution in [3.63, 3.8) is 0 Å². The zero-order valence-electron chi connectivity index (χ0n) is 20.7. The maximum Gasteiger partial charge on any atom is 0.272 e. The van der Waals surface area contributed by atoms with Gasteiger partial charge in [-0.2, -0.15) is 4.68 Å². The summed E-state index contributed by atoms with van der Waals surface area (Å²) in [6.07, 6.45) is 6.36. The Balaban J connectivity index is 1.60. The van der Waals surface area contributed by atoms with Crippen LogP contribution in [0.3, 0.4) is 0 Å². The van der Waals surface area contributed by atoms with Crippen molar-refractivity contribution in [1.29, 1.82) is 0 Å². The van der Waals surface area contributed by atoms with Crippen molar-refractivity contribution in [3.05, 3.63) is 70.7 Å². The molecule has 0 atom stereocenters. The molecule has 2 aliphatic heterocycles. The number of amides is 2. The summed E-state index contributed by atoms with van der Waals surface area (Å²) < 4.78 is 9.93. The third-order valence-electron chi connectivity index (χ3n) is 6.77. The lowest BCUT2D eigenvalue weighted by molar-refractivity contribution is -0.117. The van der Waals surface area contributed by atoms with E-state index in [0.29, 0.717) is 24.5 Å². The Morgan fingerprint density at radius 3 is 2.76 bits per heavy atom. The fourth-order valence-electron chi connectivity index (χ4n) is 4.97. The number of halogens is 1. The molecular weight excluding hydrogens is 552 g/mol. The van der Waals surface area contributed by atoms with Crippen molar-refractivity contribution < 1.29 is 14.0 Å². The molecule has 4 heterocycles. The summed E-state index contributed by atoms with van der Waals surface area (Å²) in [5.41, 5.74) is 5.82. The lowest BCUT2D eigenvalue weighted by Gasteiger charge is -2.15. The van der Waals surface area contributed by atoms with Crippen LogP contribution in [0.2, 0.25) is 0 Å². The summed E-state index contributed by atoms with van der Waals surface area (Å²) in [4.78, 5) is 32.0. The maximum atomic E-state index is 13.3. The first kappa shape index (κ1) is 24.0. The first-order valence-corrected chi connectivity index (χ1v) is 12.9. The number of likely N-dealkylation sites (N-methyl/N-ethyl adjacent to an activating group) is 1. The van der Waals surface area contributed by atoms with Crippen LogP contribution in [0.1, 0.15) is 35.2 Å². The van der Waals surface area contributed by atoms with Crippen molar-refractivity contribution in [2.24, 2.45) is 0 Å². The second kappa shape index (κ2) is 9.53. The van der Waals surface area contributed by atoms with E-state index in [1.54, 1.807) is 30.6 Å². The van der Waals surface area contributed by atoms with Gasteiger partial charge in [0.15, 0.2) is 11.5 Å². The van der Waals surface area contributed by atoms with Crippen molar-refractivity contribution in [2.75, 3.05) is 18.5 Å². The van der Waals surface area contributed by atoms with E-state index in [-0.39, 0.29) is 18.4 Å². The molecule has 0 unspecified atom stereocenters. The number of hydrogen-bond acceptors (Lipinski definition) is 7. The highest BCUT2D eigenvalue weighted by atomic mass is 79.9. The molecule has 0 saturated heterocycles. The fourth-order valence-corrected chi connectivity index (χ4v) is 5.73. The summed E-state index contributed by atoms with van der Waals surface area (Å²) in [7, 11) is 1.65. The monoisotopic (exact) mass is 574 g/mol. The molecule has 11 nitrogen and oxygen atoms in total. The normalized spacial score (nSPS) is 13.6. The lowest BCUT2D eigenvalue weighted by atomic mass is 10.0. The van der Waals surface area contributed by atoms with Gasteiger partial charge in [0.1, 0.15) is 12.2 Å². The molecule has 1 aromatic carbocycles. The van der Waals surface area contributed by atoms with E-state index >= 15 is 0 Å². The van der Waals surface area contributed by atoms with E-state index in [9.17, 15) is 9.59 Å². The number of fused-ring (bicyclic) bond motifs is 2. The van der Waals surface area contributed by atoms with E-state index in [0.717, 1.165) is 50.2 Å². The minimum absolute atomic E-state index is 0.0776. The van der Waals surface area contributed by atoms with Gasteiger partial charge in [-0.05, 0) is 56.0 Å². The van der Waals surface area contributed by atoms with Gasteiger partial charge in [0.05, 0.1) is 31.3 Å². The quantitative estimate of drug-likeness (QED) is 0.328. The minimum Gasteiger partial charge on any atom is -0.472 e. The Morgan fingerprint density at radius 2 is 1.97 bits per heavy atom. The number of para-hydroxylation sites is 1. The zero-order valence-corrected chi connectivity index (χ0v) is 22.3. The first-order valence-electron chi connectivity index (χ1n) is 12.1. The number of carbonyl (C=O) groups excluding carboxylic acids is 2. The summed E-state index contributed by atoms with van der Waals surface area (Å²) >= 11 is 3.83. The molecule has 3 aromatic rings. The van der Waals surface area contributed by atoms with Gasteiger partial charge in [-0.3, -0.25) is 14.5 Å². The van der Waals surface area contributed by atoms with E-state index in [2.05, 4.69) is 43.7 Å². The molecule has 12 heteroatoms. The minimum atomic E-state index is -0.326. The Morgan fingerprint density at radius 1 is 1.13 bits per heavy atom. The Bertz CT molecular complexity index is 1640. The summed E-state index contributed by atoms with van der Waals surface area (Å²) in [6.45, 7) is 2.33. The fraction of sp³-hybridized carbons (Fsp3) is 0.231. The van der Waals surface area contributed by atoms with Crippen LogP contribution >= 0.6 is 15.9 Å². The number of aryl methyl sites for hydroxylation is 1. The van der Waals surface area contributed by atoms with Gasteiger partial charge >= 0.3 is 0 Å². The largest absolute Gasteiger partial charge is 0.472 e. The third kappa shape index (κ3) is 3.79. The van der Waals surface area contributed by atoms with Crippen molar-refractivity contribution in [1.82, 2.24) is 35.1 Å². The lowest BCUT2D eigenvalue weighted by Crippen LogP contribution is -2.34. The summed E-state index contributed by atoms with van der Waals surface area (Å²) in [5, 5.41) is 14.5. The van der Waals surface area contributed by atoms with Gasteiger partial charge in [0.2, 0.25) is 5.91 Å². The number of aromatic nitrogens is 6. The number of anilines is 1. The SMILES string of the molecule is CCCc1nc2c(n1Cc1c3ccocc-3c(Br)c1-c1ccccc1-n1cnnn1)C(=O)NCC(=O)N2C. The summed E-state index contributed by atoms with van der Waals surface area (Å²) in [6, 6.07) is 9.77. The molecule has 3 aliphatic rings. The van der Waals surface area contributed by atoms with Crippen LogP contribution in [0.15, 0.2) is 58.1 Å². The highest BCUT2D eigenvalue weighted by Crippen LogP contribution is 2.48. The average molecular weight is 575 g/mol. The smallest absolute Gasteiger partial charge is 0.272 e. The second-order valence-corrected chi connectivity index (χ2v) is 9.79. The third-order valence-corrected chi connectivity index (χ3v) is 7.59. The predicted octanol–water partition coefficient (Wildman–Crippen LogP) is 3.69. The number of benzene rings is 1. The molecule has 0 radical (unpaired) electrons. The molecule has 192 valence electrons. The number of nitrogens with zero attached hydrogens (tertiary/aromatic N) is 7. The molecule has 0 spiro atoms. The van der Waals surface area contributed by atoms with Gasteiger partial charge in [0, 0.05) is 34.6 Å². The van der Waals surface area contributed by atoms with Crippen LogP contribution in [-0.4, -0.2) is 55.2 Å². The van der Waals surface area contributed by atoms with Crippen LogP contribution in [0.25, 0.3) is 27.9 Å². The number of nitrogens with one attached hydrogen (secondary N) is 1. The number of imidazole rings is 1. The first-order chi connectivity index (χ1) is 18.5. The number of carbonyl (C=O) groups is 2. The van der Waals surface area contributed by atoms with Gasteiger partial charge in [-0.1, -0.05) is 25.1 Å². The number of tetrazole rings is 1. The van der Waals surface area contributed by atoms with Crippen LogP contribution in [0, 0.1) is 0 Å². The van der Waals surface area contributed by atoms with Gasteiger partial charge in [-0.15, -0.1) is 5.10 Å². The molecule has 38 heavy (non-hydrogen) atoms.